The zero-order chi connectivity index (χ0) is 13.7. The molecule has 18 heavy (non-hydrogen) atoms. The van der Waals surface area contributed by atoms with Gasteiger partial charge in [0.1, 0.15) is 0 Å². The summed E-state index contributed by atoms with van der Waals surface area (Å²) in [7, 11) is 3.99. The number of hydrogen-bond donors (Lipinski definition) is 1. The van der Waals surface area contributed by atoms with Gasteiger partial charge in [-0.25, -0.2) is 0 Å². The van der Waals surface area contributed by atoms with Gasteiger partial charge >= 0.3 is 0 Å². The van der Waals surface area contributed by atoms with Crippen LogP contribution in [0.5, 0.6) is 0 Å². The molecule has 5 nitrogen and oxygen atoms in total. The van der Waals surface area contributed by atoms with Crippen LogP contribution in [-0.2, 0) is 6.54 Å². The van der Waals surface area contributed by atoms with Gasteiger partial charge in [-0.2, -0.15) is 4.98 Å². The molecule has 0 saturated carbocycles. The first-order valence-electron chi connectivity index (χ1n) is 6.66. The smallest absolute Gasteiger partial charge is 0.231 e. The van der Waals surface area contributed by atoms with Gasteiger partial charge in [0, 0.05) is 6.04 Å². The van der Waals surface area contributed by atoms with Crippen LogP contribution in [0.3, 0.4) is 0 Å². The highest BCUT2D eigenvalue weighted by Gasteiger charge is 2.27. The van der Waals surface area contributed by atoms with Crippen LogP contribution in [0.1, 0.15) is 45.3 Å². The molecule has 0 aliphatic carbocycles. The molecule has 0 radical (unpaired) electrons. The van der Waals surface area contributed by atoms with E-state index in [4.69, 9.17) is 4.52 Å². The lowest BCUT2D eigenvalue weighted by molar-refractivity contribution is 0.278. The number of rotatable bonds is 7. The van der Waals surface area contributed by atoms with Crippen LogP contribution in [0.4, 0.5) is 0 Å². The van der Waals surface area contributed by atoms with E-state index in [0.717, 1.165) is 18.3 Å². The summed E-state index contributed by atoms with van der Waals surface area (Å²) < 4.78 is 5.43. The second kappa shape index (κ2) is 6.85. The van der Waals surface area contributed by atoms with Gasteiger partial charge in [0.05, 0.1) is 12.5 Å². The molecule has 1 aromatic heterocycles. The van der Waals surface area contributed by atoms with Gasteiger partial charge in [0.2, 0.25) is 5.89 Å². The van der Waals surface area contributed by atoms with Crippen molar-refractivity contribution in [1.29, 1.82) is 0 Å². The largest absolute Gasteiger partial charge is 0.339 e. The van der Waals surface area contributed by atoms with Crippen LogP contribution in [0.25, 0.3) is 0 Å². The van der Waals surface area contributed by atoms with Crippen molar-refractivity contribution in [2.45, 2.75) is 46.2 Å². The van der Waals surface area contributed by atoms with Crippen molar-refractivity contribution in [3.05, 3.63) is 11.7 Å². The molecule has 0 aromatic carbocycles. The van der Waals surface area contributed by atoms with Crippen molar-refractivity contribution in [2.24, 2.45) is 5.92 Å². The monoisotopic (exact) mass is 254 g/mol. The highest BCUT2D eigenvalue weighted by atomic mass is 16.5. The minimum absolute atomic E-state index is 0.258. The molecule has 0 bridgehead atoms. The van der Waals surface area contributed by atoms with E-state index in [1.165, 1.54) is 0 Å². The molecule has 0 saturated heterocycles. The predicted octanol–water partition coefficient (Wildman–Crippen LogP) is 1.87. The maximum Gasteiger partial charge on any atom is 0.231 e. The van der Waals surface area contributed by atoms with Crippen LogP contribution >= 0.6 is 0 Å². The maximum absolute atomic E-state index is 5.43. The van der Waals surface area contributed by atoms with Gasteiger partial charge in [-0.05, 0) is 33.5 Å². The molecule has 0 fully saturated rings. The minimum Gasteiger partial charge on any atom is -0.339 e. The summed E-state index contributed by atoms with van der Waals surface area (Å²) in [5.41, 5.74) is 0. The molecule has 1 heterocycles. The van der Waals surface area contributed by atoms with Crippen LogP contribution in [0, 0.1) is 5.92 Å². The number of nitrogens with one attached hydrogen (secondary N) is 1. The average molecular weight is 254 g/mol. The Bertz CT molecular complexity index is 349. The Labute approximate surface area is 110 Å². The van der Waals surface area contributed by atoms with Crippen molar-refractivity contribution < 1.29 is 4.52 Å². The van der Waals surface area contributed by atoms with E-state index >= 15 is 0 Å². The molecule has 0 spiro atoms. The fraction of sp³-hybridized carbons (Fsp3) is 0.846. The van der Waals surface area contributed by atoms with E-state index in [9.17, 15) is 0 Å². The second-order valence-corrected chi connectivity index (χ2v) is 5.40. The van der Waals surface area contributed by atoms with E-state index in [1.54, 1.807) is 0 Å². The van der Waals surface area contributed by atoms with Gasteiger partial charge in [-0.3, -0.25) is 0 Å². The summed E-state index contributed by atoms with van der Waals surface area (Å²) in [5.74, 6) is 2.22. The molecular weight excluding hydrogens is 228 g/mol. The van der Waals surface area contributed by atoms with E-state index in [0.29, 0.717) is 18.5 Å². The standard InChI is InChI=1S/C13H26N4O/c1-7-14-10(4)12(9(2)3)13-15-11(16-18-13)8-17(5)6/h9-10,12,14H,7-8H2,1-6H3. The molecule has 2 atom stereocenters. The molecule has 1 rings (SSSR count). The topological polar surface area (TPSA) is 54.2 Å². The summed E-state index contributed by atoms with van der Waals surface area (Å²) in [6.07, 6.45) is 0. The lowest BCUT2D eigenvalue weighted by Gasteiger charge is -2.24. The quantitative estimate of drug-likeness (QED) is 0.805. The Hall–Kier alpha value is -0.940. The highest BCUT2D eigenvalue weighted by Crippen LogP contribution is 2.26. The highest BCUT2D eigenvalue weighted by molar-refractivity contribution is 5.00. The zero-order valence-corrected chi connectivity index (χ0v) is 12.4. The first-order valence-corrected chi connectivity index (χ1v) is 6.66. The minimum atomic E-state index is 0.258. The maximum atomic E-state index is 5.43. The summed E-state index contributed by atoms with van der Waals surface area (Å²) in [4.78, 5) is 6.55. The first kappa shape index (κ1) is 15.1. The van der Waals surface area contributed by atoms with Crippen LogP contribution in [0.15, 0.2) is 4.52 Å². The lowest BCUT2D eigenvalue weighted by atomic mass is 9.89. The molecule has 0 amide bonds. The molecule has 0 aliphatic heterocycles. The Morgan fingerprint density at radius 2 is 1.94 bits per heavy atom. The Kier molecular flexibility index (Phi) is 5.75. The fourth-order valence-electron chi connectivity index (χ4n) is 2.28. The van der Waals surface area contributed by atoms with Gasteiger partial charge < -0.3 is 14.7 Å². The summed E-state index contributed by atoms with van der Waals surface area (Å²) in [6, 6.07) is 0.336. The molecule has 2 unspecified atom stereocenters. The van der Waals surface area contributed by atoms with Gasteiger partial charge in [-0.1, -0.05) is 25.9 Å². The van der Waals surface area contributed by atoms with Crippen molar-refractivity contribution in [3.63, 3.8) is 0 Å². The van der Waals surface area contributed by atoms with Crippen molar-refractivity contribution in [2.75, 3.05) is 20.6 Å². The average Bonchev–Trinajstić information content (AvgIpc) is 2.65. The third-order valence-corrected chi connectivity index (χ3v) is 3.01. The second-order valence-electron chi connectivity index (χ2n) is 5.40. The number of likely N-dealkylation sites (N-methyl/N-ethyl adjacent to an activating group) is 1. The van der Waals surface area contributed by atoms with E-state index < -0.39 is 0 Å². The predicted molar refractivity (Wildman–Crippen MR) is 72.4 cm³/mol. The van der Waals surface area contributed by atoms with E-state index in [-0.39, 0.29) is 5.92 Å². The van der Waals surface area contributed by atoms with Crippen LogP contribution in [0.2, 0.25) is 0 Å². The normalized spacial score (nSPS) is 15.3. The number of hydrogen-bond acceptors (Lipinski definition) is 5. The molecule has 0 aliphatic rings. The fourth-order valence-corrected chi connectivity index (χ4v) is 2.28. The molecule has 1 aromatic rings. The van der Waals surface area contributed by atoms with E-state index in [2.05, 4.69) is 43.2 Å². The Morgan fingerprint density at radius 1 is 1.28 bits per heavy atom. The van der Waals surface area contributed by atoms with Crippen molar-refractivity contribution >= 4 is 0 Å². The van der Waals surface area contributed by atoms with Crippen molar-refractivity contribution in [3.8, 4) is 0 Å². The third-order valence-electron chi connectivity index (χ3n) is 3.01. The van der Waals surface area contributed by atoms with Crippen molar-refractivity contribution in [1.82, 2.24) is 20.4 Å². The summed E-state index contributed by atoms with van der Waals surface area (Å²) in [6.45, 7) is 10.3. The lowest BCUT2D eigenvalue weighted by Crippen LogP contribution is -2.34. The zero-order valence-electron chi connectivity index (χ0n) is 12.4. The van der Waals surface area contributed by atoms with Gasteiger partial charge in [-0.15, -0.1) is 0 Å². The molecule has 1 N–H and O–H groups in total. The number of aromatic nitrogens is 2. The van der Waals surface area contributed by atoms with Gasteiger partial charge in [0.25, 0.3) is 0 Å². The SMILES string of the molecule is CCNC(C)C(c1nc(CN(C)C)no1)C(C)C. The number of nitrogens with zero attached hydrogens (tertiary/aromatic N) is 3. The molecule has 104 valence electrons. The summed E-state index contributed by atoms with van der Waals surface area (Å²) in [5, 5.41) is 7.48. The molecular formula is C13H26N4O. The third kappa shape index (κ3) is 4.07. The first-order chi connectivity index (χ1) is 8.45. The van der Waals surface area contributed by atoms with Gasteiger partial charge in [0.15, 0.2) is 5.82 Å². The Balaban J connectivity index is 2.82. The Morgan fingerprint density at radius 3 is 2.44 bits per heavy atom. The van der Waals surface area contributed by atoms with Crippen LogP contribution in [-0.4, -0.2) is 41.7 Å². The van der Waals surface area contributed by atoms with E-state index in [1.807, 2.05) is 19.0 Å². The van der Waals surface area contributed by atoms with Crippen LogP contribution < -0.4 is 5.32 Å². The summed E-state index contributed by atoms with van der Waals surface area (Å²) >= 11 is 0. The molecule has 5 heteroatoms.